The second kappa shape index (κ2) is 5.43. The first-order valence-corrected chi connectivity index (χ1v) is 5.94. The molecule has 0 fully saturated rings. The zero-order valence-corrected chi connectivity index (χ0v) is 10.8. The highest BCUT2D eigenvalue weighted by atomic mass is 16.6. The Kier molecular flexibility index (Phi) is 3.70. The molecule has 1 aromatic carbocycles. The number of non-ortho nitro benzene ring substituents is 1. The molecule has 0 radical (unpaired) electrons. The van der Waals surface area contributed by atoms with Gasteiger partial charge in [0.15, 0.2) is 5.82 Å². The summed E-state index contributed by atoms with van der Waals surface area (Å²) < 4.78 is 0. The van der Waals surface area contributed by atoms with Gasteiger partial charge >= 0.3 is 0 Å². The minimum atomic E-state index is -0.424. The van der Waals surface area contributed by atoms with Crippen molar-refractivity contribution in [1.29, 1.82) is 0 Å². The summed E-state index contributed by atoms with van der Waals surface area (Å²) in [5.74, 6) is 1.30. The molecule has 0 aliphatic rings. The predicted molar refractivity (Wildman–Crippen MR) is 73.0 cm³/mol. The number of anilines is 1. The van der Waals surface area contributed by atoms with Gasteiger partial charge in [-0.3, -0.25) is 10.1 Å². The minimum Gasteiger partial charge on any atom is -0.373 e. The third kappa shape index (κ3) is 2.85. The summed E-state index contributed by atoms with van der Waals surface area (Å²) in [7, 11) is 1.79. The van der Waals surface area contributed by atoms with Crippen molar-refractivity contribution in [2.24, 2.45) is 0 Å². The smallest absolute Gasteiger partial charge is 0.269 e. The van der Waals surface area contributed by atoms with Crippen LogP contribution < -0.4 is 5.32 Å². The number of benzene rings is 1. The van der Waals surface area contributed by atoms with E-state index in [9.17, 15) is 10.1 Å². The molecule has 0 bridgehead atoms. The van der Waals surface area contributed by atoms with E-state index in [1.807, 2.05) is 13.0 Å². The van der Waals surface area contributed by atoms with Crippen molar-refractivity contribution in [2.45, 2.75) is 13.3 Å². The Labute approximate surface area is 110 Å². The van der Waals surface area contributed by atoms with Crippen molar-refractivity contribution in [3.05, 3.63) is 46.1 Å². The molecule has 19 heavy (non-hydrogen) atoms. The van der Waals surface area contributed by atoms with E-state index in [2.05, 4.69) is 15.3 Å². The fraction of sp³-hybridized carbons (Fsp3) is 0.231. The van der Waals surface area contributed by atoms with Gasteiger partial charge in [-0.1, -0.05) is 6.92 Å². The molecule has 0 saturated heterocycles. The van der Waals surface area contributed by atoms with E-state index in [0.717, 1.165) is 23.5 Å². The SMILES string of the molecule is CCc1cc(NC)nc(-c2ccc([N+](=O)[O-])cc2)n1. The second-order valence-electron chi connectivity index (χ2n) is 3.98. The van der Waals surface area contributed by atoms with Gasteiger partial charge in [-0.2, -0.15) is 0 Å². The summed E-state index contributed by atoms with van der Waals surface area (Å²) in [6.07, 6.45) is 0.803. The van der Waals surface area contributed by atoms with Gasteiger partial charge in [0.1, 0.15) is 5.82 Å². The lowest BCUT2D eigenvalue weighted by Gasteiger charge is -2.06. The lowest BCUT2D eigenvalue weighted by atomic mass is 10.2. The quantitative estimate of drug-likeness (QED) is 0.673. The van der Waals surface area contributed by atoms with Gasteiger partial charge < -0.3 is 5.32 Å². The zero-order chi connectivity index (χ0) is 13.8. The monoisotopic (exact) mass is 258 g/mol. The molecule has 98 valence electrons. The average molecular weight is 258 g/mol. The summed E-state index contributed by atoms with van der Waals surface area (Å²) >= 11 is 0. The molecular weight excluding hydrogens is 244 g/mol. The summed E-state index contributed by atoms with van der Waals surface area (Å²) in [5, 5.41) is 13.6. The van der Waals surface area contributed by atoms with Crippen molar-refractivity contribution < 1.29 is 4.92 Å². The maximum Gasteiger partial charge on any atom is 0.269 e. The first-order chi connectivity index (χ1) is 9.13. The molecule has 1 aromatic heterocycles. The summed E-state index contributed by atoms with van der Waals surface area (Å²) in [5.41, 5.74) is 1.74. The minimum absolute atomic E-state index is 0.0595. The van der Waals surface area contributed by atoms with Crippen molar-refractivity contribution in [1.82, 2.24) is 9.97 Å². The van der Waals surface area contributed by atoms with Gasteiger partial charge in [-0.05, 0) is 18.6 Å². The van der Waals surface area contributed by atoms with Crippen LogP contribution in [0.2, 0.25) is 0 Å². The molecule has 0 spiro atoms. The van der Waals surface area contributed by atoms with E-state index < -0.39 is 4.92 Å². The Morgan fingerprint density at radius 1 is 1.26 bits per heavy atom. The van der Waals surface area contributed by atoms with Crippen LogP contribution in [0.1, 0.15) is 12.6 Å². The molecule has 0 amide bonds. The van der Waals surface area contributed by atoms with Gasteiger partial charge in [-0.25, -0.2) is 9.97 Å². The number of nitro groups is 1. The normalized spacial score (nSPS) is 10.2. The van der Waals surface area contributed by atoms with Gasteiger partial charge in [0.2, 0.25) is 0 Å². The molecule has 6 nitrogen and oxygen atoms in total. The van der Waals surface area contributed by atoms with Crippen LogP contribution in [0.4, 0.5) is 11.5 Å². The number of nitrogens with one attached hydrogen (secondary N) is 1. The molecule has 0 saturated carbocycles. The molecule has 0 atom stereocenters. The first kappa shape index (κ1) is 12.9. The van der Waals surface area contributed by atoms with Crippen molar-refractivity contribution in [3.63, 3.8) is 0 Å². The van der Waals surface area contributed by atoms with Gasteiger partial charge in [0.25, 0.3) is 5.69 Å². The predicted octanol–water partition coefficient (Wildman–Crippen LogP) is 2.66. The molecule has 1 heterocycles. The molecule has 0 aliphatic heterocycles. The van der Waals surface area contributed by atoms with Crippen LogP contribution in [0.5, 0.6) is 0 Å². The number of aryl methyl sites for hydroxylation is 1. The maximum absolute atomic E-state index is 10.6. The van der Waals surface area contributed by atoms with E-state index in [1.165, 1.54) is 12.1 Å². The highest BCUT2D eigenvalue weighted by molar-refractivity contribution is 5.59. The van der Waals surface area contributed by atoms with Gasteiger partial charge in [-0.15, -0.1) is 0 Å². The number of aromatic nitrogens is 2. The zero-order valence-electron chi connectivity index (χ0n) is 10.8. The first-order valence-electron chi connectivity index (χ1n) is 5.94. The molecule has 6 heteroatoms. The Balaban J connectivity index is 2.42. The van der Waals surface area contributed by atoms with Crippen LogP contribution in [-0.4, -0.2) is 21.9 Å². The van der Waals surface area contributed by atoms with Crippen LogP contribution in [0, 0.1) is 10.1 Å². The third-order valence-electron chi connectivity index (χ3n) is 2.73. The topological polar surface area (TPSA) is 81.0 Å². The lowest BCUT2D eigenvalue weighted by Crippen LogP contribution is -2.00. The molecule has 1 N–H and O–H groups in total. The van der Waals surface area contributed by atoms with Crippen molar-refractivity contribution in [2.75, 3.05) is 12.4 Å². The second-order valence-corrected chi connectivity index (χ2v) is 3.98. The van der Waals surface area contributed by atoms with Crippen LogP contribution in [0.15, 0.2) is 30.3 Å². The fourth-order valence-electron chi connectivity index (χ4n) is 1.67. The Morgan fingerprint density at radius 2 is 1.95 bits per heavy atom. The van der Waals surface area contributed by atoms with Crippen LogP contribution in [-0.2, 0) is 6.42 Å². The van der Waals surface area contributed by atoms with E-state index in [0.29, 0.717) is 5.82 Å². The van der Waals surface area contributed by atoms with Crippen molar-refractivity contribution >= 4 is 11.5 Å². The molecule has 0 aliphatic carbocycles. The summed E-state index contributed by atoms with van der Waals surface area (Å²) in [4.78, 5) is 19.0. The number of nitrogens with zero attached hydrogens (tertiary/aromatic N) is 3. The van der Waals surface area contributed by atoms with Gasteiger partial charge in [0, 0.05) is 36.5 Å². The third-order valence-corrected chi connectivity index (χ3v) is 2.73. The van der Waals surface area contributed by atoms with Gasteiger partial charge in [0.05, 0.1) is 4.92 Å². The highest BCUT2D eigenvalue weighted by Crippen LogP contribution is 2.21. The number of nitro benzene ring substituents is 1. The summed E-state index contributed by atoms with van der Waals surface area (Å²) in [6.45, 7) is 2.02. The standard InChI is InChI=1S/C13H14N4O2/c1-3-10-8-12(14-2)16-13(15-10)9-4-6-11(7-5-9)17(18)19/h4-8H,3H2,1-2H3,(H,14,15,16). The fourth-order valence-corrected chi connectivity index (χ4v) is 1.67. The number of rotatable bonds is 4. The van der Waals surface area contributed by atoms with E-state index in [4.69, 9.17) is 0 Å². The van der Waals surface area contributed by atoms with E-state index >= 15 is 0 Å². The van der Waals surface area contributed by atoms with Crippen LogP contribution in [0.3, 0.4) is 0 Å². The average Bonchev–Trinajstić information content (AvgIpc) is 2.46. The Bertz CT molecular complexity index is 574. The largest absolute Gasteiger partial charge is 0.373 e. The highest BCUT2D eigenvalue weighted by Gasteiger charge is 2.08. The molecule has 0 unspecified atom stereocenters. The summed E-state index contributed by atoms with van der Waals surface area (Å²) in [6, 6.07) is 8.11. The number of hydrogen-bond acceptors (Lipinski definition) is 5. The van der Waals surface area contributed by atoms with Crippen molar-refractivity contribution in [3.8, 4) is 11.4 Å². The van der Waals surface area contributed by atoms with E-state index in [1.54, 1.807) is 19.2 Å². The number of hydrogen-bond donors (Lipinski definition) is 1. The lowest BCUT2D eigenvalue weighted by molar-refractivity contribution is -0.384. The Morgan fingerprint density at radius 3 is 2.47 bits per heavy atom. The van der Waals surface area contributed by atoms with Crippen LogP contribution in [0.25, 0.3) is 11.4 Å². The van der Waals surface area contributed by atoms with E-state index in [-0.39, 0.29) is 5.69 Å². The molecular formula is C13H14N4O2. The molecule has 2 rings (SSSR count). The molecule has 2 aromatic rings. The Hall–Kier alpha value is -2.50. The maximum atomic E-state index is 10.6. The van der Waals surface area contributed by atoms with Crippen LogP contribution >= 0.6 is 0 Å².